The number of ether oxygens (including phenoxy) is 1. The van der Waals surface area contributed by atoms with Crippen molar-refractivity contribution in [3.05, 3.63) is 118 Å². The first-order valence-corrected chi connectivity index (χ1v) is 14.1. The molecule has 0 bridgehead atoms. The first-order valence-electron chi connectivity index (χ1n) is 13.3. The lowest BCUT2D eigenvalue weighted by atomic mass is 9.97. The number of carbonyl (C=O) groups excluding carboxylic acids is 1. The van der Waals surface area contributed by atoms with Crippen molar-refractivity contribution < 1.29 is 9.53 Å². The maximum Gasteiger partial charge on any atom is 0.256 e. The minimum absolute atomic E-state index is 0.0439. The van der Waals surface area contributed by atoms with E-state index in [2.05, 4.69) is 70.6 Å². The van der Waals surface area contributed by atoms with Crippen molar-refractivity contribution in [3.8, 4) is 5.75 Å². The van der Waals surface area contributed by atoms with Gasteiger partial charge in [0.15, 0.2) is 0 Å². The van der Waals surface area contributed by atoms with Crippen LogP contribution in [0.3, 0.4) is 0 Å². The third kappa shape index (κ3) is 6.16. The monoisotopic (exact) mass is 525 g/mol. The standard InChI is InChI=1S/C32H35N3O2S/c1-3-28-22-29(32(38-28)33-31(36)26-12-8-5-9-13-26)30(25-14-16-27(37-2)17-15-25)35-20-18-34(19-21-35)23-24-10-6-4-7-11-24/h4-17,22,30H,3,18-21,23H2,1-2H3,(H,33,36)/t30-/m1/s1. The van der Waals surface area contributed by atoms with Gasteiger partial charge >= 0.3 is 0 Å². The van der Waals surface area contributed by atoms with Gasteiger partial charge in [-0.05, 0) is 47.9 Å². The third-order valence-corrected chi connectivity index (χ3v) is 8.38. The van der Waals surface area contributed by atoms with Crippen LogP contribution in [0, 0.1) is 0 Å². The van der Waals surface area contributed by atoms with E-state index in [1.165, 1.54) is 16.0 Å². The molecule has 5 nitrogen and oxygen atoms in total. The Hall–Kier alpha value is -3.45. The number of methoxy groups -OCH3 is 1. The van der Waals surface area contributed by atoms with Crippen LogP contribution in [0.4, 0.5) is 5.00 Å². The number of piperazine rings is 1. The molecule has 3 aromatic carbocycles. The molecule has 4 aromatic rings. The lowest BCUT2D eigenvalue weighted by molar-refractivity contribution is 0.102. The number of nitrogens with one attached hydrogen (secondary N) is 1. The highest BCUT2D eigenvalue weighted by molar-refractivity contribution is 7.16. The Morgan fingerprint density at radius 2 is 1.58 bits per heavy atom. The Kier molecular flexibility index (Phi) is 8.54. The van der Waals surface area contributed by atoms with Crippen LogP contribution in [0.25, 0.3) is 0 Å². The zero-order valence-corrected chi connectivity index (χ0v) is 22.9. The van der Waals surface area contributed by atoms with Crippen LogP contribution in [-0.4, -0.2) is 49.0 Å². The summed E-state index contributed by atoms with van der Waals surface area (Å²) in [5.74, 6) is 0.773. The van der Waals surface area contributed by atoms with Gasteiger partial charge in [0.1, 0.15) is 10.8 Å². The molecule has 1 atom stereocenters. The molecule has 6 heteroatoms. The van der Waals surface area contributed by atoms with E-state index >= 15 is 0 Å². The number of hydrogen-bond donors (Lipinski definition) is 1. The number of carbonyl (C=O) groups is 1. The lowest BCUT2D eigenvalue weighted by Crippen LogP contribution is -2.47. The van der Waals surface area contributed by atoms with Gasteiger partial charge in [0.25, 0.3) is 5.91 Å². The SMILES string of the molecule is CCc1cc([C@@H](c2ccc(OC)cc2)N2CCN(Cc3ccccc3)CC2)c(NC(=O)c2ccccc2)s1. The summed E-state index contributed by atoms with van der Waals surface area (Å²) in [6.45, 7) is 7.04. The minimum atomic E-state index is -0.0717. The van der Waals surface area contributed by atoms with Gasteiger partial charge in [-0.15, -0.1) is 11.3 Å². The second-order valence-electron chi connectivity index (χ2n) is 9.64. The van der Waals surface area contributed by atoms with Crippen molar-refractivity contribution in [3.63, 3.8) is 0 Å². The number of aryl methyl sites for hydroxylation is 1. The zero-order valence-electron chi connectivity index (χ0n) is 22.1. The summed E-state index contributed by atoms with van der Waals surface area (Å²) in [6, 6.07) is 30.8. The summed E-state index contributed by atoms with van der Waals surface area (Å²) < 4.78 is 5.44. The average molecular weight is 526 g/mol. The van der Waals surface area contributed by atoms with Crippen molar-refractivity contribution in [1.82, 2.24) is 9.80 Å². The van der Waals surface area contributed by atoms with Gasteiger partial charge in [0.2, 0.25) is 0 Å². The molecule has 196 valence electrons. The van der Waals surface area contributed by atoms with Crippen molar-refractivity contribution in [2.75, 3.05) is 38.6 Å². The summed E-state index contributed by atoms with van der Waals surface area (Å²) >= 11 is 1.69. The second-order valence-corrected chi connectivity index (χ2v) is 10.8. The fourth-order valence-corrected chi connectivity index (χ4v) is 6.12. The molecule has 1 N–H and O–H groups in total. The zero-order chi connectivity index (χ0) is 26.3. The lowest BCUT2D eigenvalue weighted by Gasteiger charge is -2.40. The Bertz CT molecular complexity index is 1310. The maximum absolute atomic E-state index is 13.2. The van der Waals surface area contributed by atoms with E-state index in [0.29, 0.717) is 5.56 Å². The van der Waals surface area contributed by atoms with Crippen molar-refractivity contribution in [2.45, 2.75) is 25.9 Å². The highest BCUT2D eigenvalue weighted by atomic mass is 32.1. The van der Waals surface area contributed by atoms with Gasteiger partial charge < -0.3 is 10.1 Å². The fourth-order valence-electron chi connectivity index (χ4n) is 5.09. The van der Waals surface area contributed by atoms with E-state index in [-0.39, 0.29) is 11.9 Å². The van der Waals surface area contributed by atoms with Gasteiger partial charge in [-0.25, -0.2) is 0 Å². The van der Waals surface area contributed by atoms with Crippen LogP contribution < -0.4 is 10.1 Å². The fraction of sp³-hybridized carbons (Fsp3) is 0.281. The average Bonchev–Trinajstić information content (AvgIpc) is 3.37. The normalized spacial score (nSPS) is 15.2. The van der Waals surface area contributed by atoms with Crippen LogP contribution in [-0.2, 0) is 13.0 Å². The van der Waals surface area contributed by atoms with Gasteiger partial charge in [0, 0.05) is 48.7 Å². The van der Waals surface area contributed by atoms with Gasteiger partial charge in [-0.3, -0.25) is 14.6 Å². The molecule has 1 aliphatic rings. The molecular formula is C32H35N3O2S. The van der Waals surface area contributed by atoms with E-state index in [9.17, 15) is 4.79 Å². The van der Waals surface area contributed by atoms with Crippen molar-refractivity contribution in [2.24, 2.45) is 0 Å². The summed E-state index contributed by atoms with van der Waals surface area (Å²) in [4.78, 5) is 19.5. The first kappa shape index (κ1) is 26.2. The Morgan fingerprint density at radius 3 is 2.21 bits per heavy atom. The molecule has 1 saturated heterocycles. The smallest absolute Gasteiger partial charge is 0.256 e. The van der Waals surface area contributed by atoms with E-state index in [1.807, 2.05) is 42.5 Å². The molecule has 1 aliphatic heterocycles. The molecule has 2 heterocycles. The Morgan fingerprint density at radius 1 is 0.921 bits per heavy atom. The van der Waals surface area contributed by atoms with Crippen LogP contribution in [0.2, 0.25) is 0 Å². The highest BCUT2D eigenvalue weighted by Gasteiger charge is 2.30. The van der Waals surface area contributed by atoms with Crippen LogP contribution >= 0.6 is 11.3 Å². The third-order valence-electron chi connectivity index (χ3n) is 7.17. The number of rotatable bonds is 9. The van der Waals surface area contributed by atoms with E-state index in [1.54, 1.807) is 18.4 Å². The Labute approximate surface area is 229 Å². The number of nitrogens with zero attached hydrogens (tertiary/aromatic N) is 2. The number of anilines is 1. The molecule has 38 heavy (non-hydrogen) atoms. The van der Waals surface area contributed by atoms with Crippen molar-refractivity contribution >= 4 is 22.2 Å². The van der Waals surface area contributed by atoms with Gasteiger partial charge in [0.05, 0.1) is 13.2 Å². The number of amides is 1. The van der Waals surface area contributed by atoms with Gasteiger partial charge in [-0.1, -0.05) is 67.6 Å². The molecule has 0 unspecified atom stereocenters. The molecule has 0 aliphatic carbocycles. The highest BCUT2D eigenvalue weighted by Crippen LogP contribution is 2.40. The van der Waals surface area contributed by atoms with Crippen molar-refractivity contribution in [1.29, 1.82) is 0 Å². The van der Waals surface area contributed by atoms with E-state index in [0.717, 1.165) is 55.5 Å². The molecule has 0 saturated carbocycles. The molecule has 0 radical (unpaired) electrons. The van der Waals surface area contributed by atoms with Crippen LogP contribution in [0.15, 0.2) is 91.0 Å². The quantitative estimate of drug-likeness (QED) is 0.272. The summed E-state index contributed by atoms with van der Waals surface area (Å²) in [5.41, 5.74) is 4.39. The second kappa shape index (κ2) is 12.4. The van der Waals surface area contributed by atoms with Crippen LogP contribution in [0.5, 0.6) is 5.75 Å². The summed E-state index contributed by atoms with van der Waals surface area (Å²) in [6.07, 6.45) is 0.930. The molecule has 1 amide bonds. The predicted octanol–water partition coefficient (Wildman–Crippen LogP) is 6.48. The largest absolute Gasteiger partial charge is 0.497 e. The number of thiophene rings is 1. The first-order chi connectivity index (χ1) is 18.6. The van der Waals surface area contributed by atoms with E-state index < -0.39 is 0 Å². The number of hydrogen-bond acceptors (Lipinski definition) is 5. The molecule has 1 fully saturated rings. The van der Waals surface area contributed by atoms with E-state index in [4.69, 9.17) is 4.74 Å². The predicted molar refractivity (Wildman–Crippen MR) is 156 cm³/mol. The topological polar surface area (TPSA) is 44.8 Å². The molecule has 0 spiro atoms. The molecular weight excluding hydrogens is 490 g/mol. The minimum Gasteiger partial charge on any atom is -0.497 e. The van der Waals surface area contributed by atoms with Crippen LogP contribution in [0.1, 0.15) is 44.9 Å². The van der Waals surface area contributed by atoms with Gasteiger partial charge in [-0.2, -0.15) is 0 Å². The number of benzene rings is 3. The molecule has 1 aromatic heterocycles. The summed E-state index contributed by atoms with van der Waals surface area (Å²) in [5, 5.41) is 4.19. The Balaban J connectivity index is 1.43. The summed E-state index contributed by atoms with van der Waals surface area (Å²) in [7, 11) is 1.70. The molecule has 5 rings (SSSR count). The maximum atomic E-state index is 13.2.